The maximum absolute atomic E-state index is 9.41. The van der Waals surface area contributed by atoms with Crippen LogP contribution in [0.25, 0.3) is 66.4 Å². The Bertz CT molecular complexity index is 5010. The van der Waals surface area contributed by atoms with Crippen LogP contribution in [-0.4, -0.2) is 6.71 Å². The Labute approximate surface area is 488 Å². The van der Waals surface area contributed by atoms with Gasteiger partial charge in [0, 0.05) is 73.1 Å². The summed E-state index contributed by atoms with van der Waals surface area (Å²) in [5, 5.41) is 2.05. The summed E-state index contributed by atoms with van der Waals surface area (Å²) < 4.78 is 97.5. The van der Waals surface area contributed by atoms with Crippen molar-refractivity contribution in [3.63, 3.8) is 0 Å². The lowest BCUT2D eigenvalue weighted by Crippen LogP contribution is -2.61. The molecule has 2 aliphatic heterocycles. The van der Waals surface area contributed by atoms with E-state index in [0.717, 1.165) is 117 Å². The quantitative estimate of drug-likeness (QED) is 0.134. The summed E-state index contributed by atoms with van der Waals surface area (Å²) in [6, 6.07) is 71.1. The van der Waals surface area contributed by atoms with Crippen molar-refractivity contribution in [3.8, 4) is 44.5 Å². The molecule has 4 nitrogen and oxygen atoms in total. The second-order valence-corrected chi connectivity index (χ2v) is 21.7. The van der Waals surface area contributed by atoms with Gasteiger partial charge in [0.15, 0.2) is 0 Å². The van der Waals surface area contributed by atoms with Crippen molar-refractivity contribution in [2.24, 2.45) is 0 Å². The van der Waals surface area contributed by atoms with Crippen molar-refractivity contribution in [2.75, 3.05) is 14.7 Å². The fraction of sp³-hybridized carbons (Fsp3) is 0.0526. The van der Waals surface area contributed by atoms with Gasteiger partial charge in [-0.05, 0) is 140 Å². The molecule has 0 spiro atoms. The molecule has 81 heavy (non-hydrogen) atoms. The maximum atomic E-state index is 9.41. The Hall–Kier alpha value is -10.1. The zero-order chi connectivity index (χ0) is 62.9. The molecule has 384 valence electrons. The number of hydrogen-bond acceptors (Lipinski definition) is 4. The van der Waals surface area contributed by atoms with Crippen LogP contribution in [0.1, 0.15) is 40.0 Å². The number of hydrogen-bond donors (Lipinski definition) is 0. The lowest BCUT2D eigenvalue weighted by Gasteiger charge is -2.45. The van der Waals surface area contributed by atoms with Crippen LogP contribution in [0.3, 0.4) is 0 Å². The van der Waals surface area contributed by atoms with Crippen LogP contribution in [0.15, 0.2) is 289 Å². The Morgan fingerprint density at radius 1 is 0.383 bits per heavy atom. The highest BCUT2D eigenvalue weighted by Crippen LogP contribution is 2.49. The van der Waals surface area contributed by atoms with E-state index in [4.69, 9.17) is 12.6 Å². The second kappa shape index (κ2) is 19.4. The number of anilines is 9. The molecule has 0 N–H and O–H groups in total. The zero-order valence-electron chi connectivity index (χ0n) is 54.7. The van der Waals surface area contributed by atoms with E-state index in [-0.39, 0.29) is 17.1 Å². The van der Waals surface area contributed by atoms with Gasteiger partial charge in [-0.2, -0.15) is 0 Å². The molecule has 5 heteroatoms. The summed E-state index contributed by atoms with van der Waals surface area (Å²) in [7, 11) is 0. The molecule has 15 rings (SSSR count). The third-order valence-corrected chi connectivity index (χ3v) is 16.0. The van der Waals surface area contributed by atoms with Crippen molar-refractivity contribution < 1.29 is 18.1 Å². The molecule has 0 unspecified atom stereocenters. The summed E-state index contributed by atoms with van der Waals surface area (Å²) >= 11 is 0. The minimum Gasteiger partial charge on any atom is -0.455 e. The van der Waals surface area contributed by atoms with Gasteiger partial charge in [0.2, 0.25) is 0 Å². The fourth-order valence-corrected chi connectivity index (χ4v) is 12.1. The number of benzene rings is 12. The minimum absolute atomic E-state index is 0.195. The molecule has 1 aromatic heterocycles. The highest BCUT2D eigenvalue weighted by Gasteiger charge is 2.44. The van der Waals surface area contributed by atoms with Gasteiger partial charge in [0.25, 0.3) is 6.71 Å². The van der Waals surface area contributed by atoms with Gasteiger partial charge >= 0.3 is 0 Å². The molecule has 0 amide bonds. The molecule has 0 saturated carbocycles. The molecule has 3 heterocycles. The van der Waals surface area contributed by atoms with E-state index in [1.807, 2.05) is 66.7 Å². The average Bonchev–Trinajstić information content (AvgIpc) is 1.01. The van der Waals surface area contributed by atoms with Gasteiger partial charge in [0.1, 0.15) is 11.2 Å². The highest BCUT2D eigenvalue weighted by atomic mass is 16.3. The number of rotatable bonds is 9. The van der Waals surface area contributed by atoms with Crippen LogP contribution in [0.2, 0.25) is 0 Å². The van der Waals surface area contributed by atoms with Gasteiger partial charge in [0.05, 0.1) is 13.7 Å². The largest absolute Gasteiger partial charge is 0.455 e. The van der Waals surface area contributed by atoms with E-state index in [9.17, 15) is 5.48 Å². The lowest BCUT2D eigenvalue weighted by atomic mass is 9.33. The monoisotopic (exact) mass is 1050 g/mol. The second-order valence-electron chi connectivity index (χ2n) is 21.7. The van der Waals surface area contributed by atoms with Crippen molar-refractivity contribution >= 4 is 96.2 Å². The molecule has 0 bridgehead atoms. The molecule has 0 atom stereocenters. The maximum Gasteiger partial charge on any atom is 0.252 e. The fourth-order valence-electron chi connectivity index (χ4n) is 12.1. The van der Waals surface area contributed by atoms with Crippen LogP contribution in [0, 0.1) is 0 Å². The first-order valence-electron chi connectivity index (χ1n) is 32.3. The minimum atomic E-state index is -0.644. The van der Waals surface area contributed by atoms with Gasteiger partial charge in [-0.3, -0.25) is 0 Å². The number of para-hydroxylation sites is 4. The topological polar surface area (TPSA) is 22.9 Å². The number of fused-ring (bicyclic) bond motifs is 7. The Kier molecular flexibility index (Phi) is 9.20. The van der Waals surface area contributed by atoms with Crippen LogP contribution in [0.4, 0.5) is 51.2 Å². The Balaban J connectivity index is 1.01. The Morgan fingerprint density at radius 2 is 0.901 bits per heavy atom. The van der Waals surface area contributed by atoms with Gasteiger partial charge in [-0.15, -0.1) is 0 Å². The van der Waals surface area contributed by atoms with E-state index < -0.39 is 72.6 Å². The van der Waals surface area contributed by atoms with E-state index in [1.54, 1.807) is 6.07 Å². The summed E-state index contributed by atoms with van der Waals surface area (Å²) in [5.41, 5.74) is 17.8. The summed E-state index contributed by atoms with van der Waals surface area (Å²) in [6.07, 6.45) is 0. The van der Waals surface area contributed by atoms with E-state index in [0.29, 0.717) is 5.69 Å². The molecular weight excluding hydrogens is 982 g/mol. The van der Waals surface area contributed by atoms with E-state index >= 15 is 0 Å². The molecule has 12 aromatic carbocycles. The summed E-state index contributed by atoms with van der Waals surface area (Å²) in [5.74, 6) is 0. The normalized spacial score (nSPS) is 14.3. The van der Waals surface area contributed by atoms with Crippen LogP contribution < -0.4 is 31.1 Å². The van der Waals surface area contributed by atoms with Crippen molar-refractivity contribution in [1.82, 2.24) is 0 Å². The first kappa shape index (κ1) is 38.5. The molecular formula is C76H56BN3O. The van der Waals surface area contributed by atoms with Gasteiger partial charge in [-0.25, -0.2) is 0 Å². The van der Waals surface area contributed by atoms with Crippen molar-refractivity contribution in [2.45, 2.75) is 26.2 Å². The SMILES string of the molecule is [2H]c1c([2H])c([2H])c(N(c2ccc3c(c2)N(c2ccc(-c4ccccc4)cc2)c2cc(C(C)(C)C)cc4c2B3c2cc(-c3ccccc3)ccc2N4c2cccc(-c3cccc4c3oc3c(-c5ccccc5)cccc34)c2)c2c([2H])c([2H])c([2H])c([2H])c2[2H])c([2H])c1[2H]. The molecule has 0 fully saturated rings. The molecule has 0 aliphatic carbocycles. The third-order valence-electron chi connectivity index (χ3n) is 16.0. The highest BCUT2D eigenvalue weighted by molar-refractivity contribution is 7.00. The number of furan rings is 1. The first-order valence-corrected chi connectivity index (χ1v) is 27.3. The first-order chi connectivity index (χ1) is 44.0. The lowest BCUT2D eigenvalue weighted by molar-refractivity contribution is 0.590. The van der Waals surface area contributed by atoms with Crippen LogP contribution >= 0.6 is 0 Å². The van der Waals surface area contributed by atoms with Gasteiger partial charge < -0.3 is 19.1 Å². The average molecular weight is 1050 g/mol. The van der Waals surface area contributed by atoms with Crippen LogP contribution in [0.5, 0.6) is 0 Å². The van der Waals surface area contributed by atoms with E-state index in [1.165, 1.54) is 4.90 Å². The summed E-state index contributed by atoms with van der Waals surface area (Å²) in [4.78, 5) is 5.85. The third kappa shape index (κ3) is 8.23. The van der Waals surface area contributed by atoms with E-state index in [2.05, 4.69) is 182 Å². The smallest absolute Gasteiger partial charge is 0.252 e. The van der Waals surface area contributed by atoms with Gasteiger partial charge in [-0.1, -0.05) is 227 Å². The molecule has 2 aliphatic rings. The Morgan fingerprint density at radius 3 is 1.51 bits per heavy atom. The number of nitrogens with zero attached hydrogens (tertiary/aromatic N) is 3. The van der Waals surface area contributed by atoms with Crippen molar-refractivity contribution in [3.05, 3.63) is 290 Å². The zero-order valence-corrected chi connectivity index (χ0v) is 44.7. The molecule has 0 radical (unpaired) electrons. The molecule has 13 aromatic rings. The summed E-state index contributed by atoms with van der Waals surface area (Å²) in [6.45, 7) is 6.15. The molecule has 0 saturated heterocycles. The predicted molar refractivity (Wildman–Crippen MR) is 343 cm³/mol. The standard InChI is InChI=1S/C76H56BN3O/c1-76(2,3)57-48-71-73-72(49-57)80(61-33-19-28-56(46-61)64-35-21-37-66-65-36-20-34-63(74(65)81-75(64)66)54-26-13-6-14-27-54)69-45-40-55(52-24-11-5-12-25-52)47-68(69)77(73)67-44-43-62(78(58-29-15-7-16-30-58)59-31-17-8-18-32-59)50-70(67)79(71)60-41-38-53(39-42-60)51-22-9-4-10-23-51/h4-50H,1-3H3/i7D,8D,15D,16D,17D,18D,29D,30D,31D,32D. The predicted octanol–water partition coefficient (Wildman–Crippen LogP) is 19.1. The van der Waals surface area contributed by atoms with Crippen LogP contribution in [-0.2, 0) is 5.41 Å². The van der Waals surface area contributed by atoms with Crippen molar-refractivity contribution in [1.29, 1.82) is 0 Å².